The molecule has 182 valence electrons. The molecule has 0 saturated carbocycles. The van der Waals surface area contributed by atoms with Crippen LogP contribution < -0.4 is 9.80 Å². The molecule has 2 aromatic carbocycles. The van der Waals surface area contributed by atoms with Gasteiger partial charge in [-0.15, -0.1) is 0 Å². The number of nitro groups is 1. The number of esters is 1. The maximum atomic E-state index is 12.4. The van der Waals surface area contributed by atoms with Crippen LogP contribution in [0.5, 0.6) is 0 Å². The minimum Gasteiger partial charge on any atom is -0.466 e. The summed E-state index contributed by atoms with van der Waals surface area (Å²) in [5.41, 5.74) is 1.88. The van der Waals surface area contributed by atoms with Gasteiger partial charge in [-0.25, -0.2) is 9.97 Å². The predicted molar refractivity (Wildman–Crippen MR) is 133 cm³/mol. The second-order valence-corrected chi connectivity index (χ2v) is 8.49. The molecule has 0 spiro atoms. The summed E-state index contributed by atoms with van der Waals surface area (Å²) < 4.78 is 5.20. The van der Waals surface area contributed by atoms with Crippen LogP contribution in [0, 0.1) is 16.0 Å². The normalized spacial score (nSPS) is 15.5. The summed E-state index contributed by atoms with van der Waals surface area (Å²) in [5.74, 6) is -0.124. The molecule has 3 aromatic rings. The smallest absolute Gasteiger partial charge is 0.353 e. The van der Waals surface area contributed by atoms with Crippen molar-refractivity contribution in [3.05, 3.63) is 88.2 Å². The molecule has 1 saturated heterocycles. The lowest BCUT2D eigenvalue weighted by molar-refractivity contribution is -0.383. The summed E-state index contributed by atoms with van der Waals surface area (Å²) in [6.45, 7) is 3.87. The molecular formula is C26H29N5O4. The molecule has 9 nitrogen and oxygen atoms in total. The Balaban J connectivity index is 1.71. The van der Waals surface area contributed by atoms with E-state index in [4.69, 9.17) is 4.74 Å². The minimum atomic E-state index is -0.415. The van der Waals surface area contributed by atoms with Gasteiger partial charge in [-0.2, -0.15) is 0 Å². The van der Waals surface area contributed by atoms with Crippen LogP contribution in [0.4, 0.5) is 17.3 Å². The van der Waals surface area contributed by atoms with Crippen LogP contribution in [0.25, 0.3) is 0 Å². The lowest BCUT2D eigenvalue weighted by Gasteiger charge is -2.32. The molecule has 0 amide bonds. The third-order valence-electron chi connectivity index (χ3n) is 6.04. The molecule has 1 unspecified atom stereocenters. The summed E-state index contributed by atoms with van der Waals surface area (Å²) >= 11 is 0. The molecule has 4 rings (SSSR count). The second kappa shape index (κ2) is 11.4. The number of piperidine rings is 1. The van der Waals surface area contributed by atoms with Gasteiger partial charge in [-0.1, -0.05) is 60.7 Å². The molecule has 1 atom stereocenters. The first kappa shape index (κ1) is 24.1. The molecule has 1 aromatic heterocycles. The van der Waals surface area contributed by atoms with Crippen LogP contribution in [-0.2, 0) is 22.6 Å². The van der Waals surface area contributed by atoms with Crippen molar-refractivity contribution in [1.29, 1.82) is 0 Å². The van der Waals surface area contributed by atoms with Gasteiger partial charge in [-0.3, -0.25) is 14.9 Å². The summed E-state index contributed by atoms with van der Waals surface area (Å²) in [6, 6.07) is 19.6. The summed E-state index contributed by atoms with van der Waals surface area (Å²) in [5, 5.41) is 12.4. The van der Waals surface area contributed by atoms with Gasteiger partial charge in [0, 0.05) is 26.2 Å². The number of ether oxygens (including phenoxy) is 1. The van der Waals surface area contributed by atoms with E-state index in [-0.39, 0.29) is 29.2 Å². The Kier molecular flexibility index (Phi) is 7.87. The van der Waals surface area contributed by atoms with Gasteiger partial charge in [0.15, 0.2) is 0 Å². The third-order valence-corrected chi connectivity index (χ3v) is 6.04. The van der Waals surface area contributed by atoms with Crippen LogP contribution in [0.3, 0.4) is 0 Å². The molecule has 35 heavy (non-hydrogen) atoms. The summed E-state index contributed by atoms with van der Waals surface area (Å²) in [7, 11) is 0. The Morgan fingerprint density at radius 1 is 1.09 bits per heavy atom. The van der Waals surface area contributed by atoms with Crippen LogP contribution in [0.2, 0.25) is 0 Å². The van der Waals surface area contributed by atoms with Gasteiger partial charge in [0.2, 0.25) is 11.6 Å². The number of carbonyl (C=O) groups excluding carboxylic acids is 1. The van der Waals surface area contributed by atoms with Crippen molar-refractivity contribution in [3.63, 3.8) is 0 Å². The Morgan fingerprint density at radius 2 is 1.71 bits per heavy atom. The van der Waals surface area contributed by atoms with Crippen LogP contribution in [0.15, 0.2) is 67.0 Å². The average molecular weight is 476 g/mol. The Morgan fingerprint density at radius 3 is 2.29 bits per heavy atom. The van der Waals surface area contributed by atoms with Gasteiger partial charge < -0.3 is 14.5 Å². The summed E-state index contributed by atoms with van der Waals surface area (Å²) in [6.07, 6.45) is 2.78. The zero-order valence-corrected chi connectivity index (χ0v) is 19.7. The topological polar surface area (TPSA) is 102 Å². The summed E-state index contributed by atoms with van der Waals surface area (Å²) in [4.78, 5) is 36.8. The molecule has 1 aliphatic rings. The van der Waals surface area contributed by atoms with E-state index in [1.807, 2.05) is 70.5 Å². The second-order valence-electron chi connectivity index (χ2n) is 8.49. The van der Waals surface area contributed by atoms with Gasteiger partial charge in [-0.05, 0) is 30.9 Å². The fourth-order valence-corrected chi connectivity index (χ4v) is 4.42. The Hall–Kier alpha value is -4.01. The number of rotatable bonds is 9. The number of benzene rings is 2. The molecule has 9 heteroatoms. The predicted octanol–water partition coefficient (Wildman–Crippen LogP) is 4.37. The molecule has 2 heterocycles. The molecule has 1 aliphatic heterocycles. The molecule has 0 bridgehead atoms. The minimum absolute atomic E-state index is 0.149. The lowest BCUT2D eigenvalue weighted by Crippen LogP contribution is -2.40. The van der Waals surface area contributed by atoms with Crippen molar-refractivity contribution in [2.45, 2.75) is 32.9 Å². The number of hydrogen-bond acceptors (Lipinski definition) is 8. The van der Waals surface area contributed by atoms with Crippen LogP contribution in [-0.4, -0.2) is 40.6 Å². The first-order valence-corrected chi connectivity index (χ1v) is 11.8. The first-order chi connectivity index (χ1) is 17.1. The standard InChI is InChI=1S/C26H29N5O4/c1-2-35-26(32)22-14-9-15-29(18-22)24-23(31(33)34)25(28-19-27-24)30(16-20-10-5-3-6-11-20)17-21-12-7-4-8-13-21/h3-8,10-13,19,22H,2,9,14-18H2,1H3. The molecule has 0 radical (unpaired) electrons. The number of aromatic nitrogens is 2. The van der Waals surface area contributed by atoms with Crippen molar-refractivity contribution in [2.75, 3.05) is 29.5 Å². The molecular weight excluding hydrogens is 446 g/mol. The zero-order valence-electron chi connectivity index (χ0n) is 19.7. The number of anilines is 2. The first-order valence-electron chi connectivity index (χ1n) is 11.8. The fraction of sp³-hybridized carbons (Fsp3) is 0.346. The maximum absolute atomic E-state index is 12.4. The highest BCUT2D eigenvalue weighted by molar-refractivity contribution is 5.75. The van der Waals surface area contributed by atoms with E-state index in [2.05, 4.69) is 9.97 Å². The lowest BCUT2D eigenvalue weighted by atomic mass is 9.98. The number of carbonyl (C=O) groups is 1. The molecule has 0 aliphatic carbocycles. The Bertz CT molecular complexity index is 1100. The van der Waals surface area contributed by atoms with Gasteiger partial charge in [0.05, 0.1) is 17.4 Å². The zero-order chi connectivity index (χ0) is 24.6. The maximum Gasteiger partial charge on any atom is 0.353 e. The van der Waals surface area contributed by atoms with E-state index in [1.165, 1.54) is 6.33 Å². The number of hydrogen-bond donors (Lipinski definition) is 0. The quantitative estimate of drug-likeness (QED) is 0.255. The average Bonchev–Trinajstić information content (AvgIpc) is 2.89. The van der Waals surface area contributed by atoms with E-state index in [0.717, 1.165) is 17.5 Å². The van der Waals surface area contributed by atoms with Gasteiger partial charge in [0.25, 0.3) is 0 Å². The van der Waals surface area contributed by atoms with Gasteiger partial charge in [0.1, 0.15) is 6.33 Å². The Labute approximate surface area is 204 Å². The van der Waals surface area contributed by atoms with E-state index < -0.39 is 4.92 Å². The third kappa shape index (κ3) is 5.92. The van der Waals surface area contributed by atoms with Crippen molar-refractivity contribution in [1.82, 2.24) is 9.97 Å². The molecule has 0 N–H and O–H groups in total. The van der Waals surface area contributed by atoms with Crippen LogP contribution in [0.1, 0.15) is 30.9 Å². The fourth-order valence-electron chi connectivity index (χ4n) is 4.42. The van der Waals surface area contributed by atoms with E-state index in [9.17, 15) is 14.9 Å². The van der Waals surface area contributed by atoms with Crippen molar-refractivity contribution in [2.24, 2.45) is 5.92 Å². The number of nitrogens with zero attached hydrogens (tertiary/aromatic N) is 5. The monoisotopic (exact) mass is 475 g/mol. The highest BCUT2D eigenvalue weighted by atomic mass is 16.6. The van der Waals surface area contributed by atoms with Crippen LogP contribution >= 0.6 is 0 Å². The largest absolute Gasteiger partial charge is 0.466 e. The highest BCUT2D eigenvalue weighted by Gasteiger charge is 2.34. The van der Waals surface area contributed by atoms with Crippen molar-refractivity contribution >= 4 is 23.3 Å². The van der Waals surface area contributed by atoms with Crippen molar-refractivity contribution in [3.8, 4) is 0 Å². The van der Waals surface area contributed by atoms with E-state index >= 15 is 0 Å². The van der Waals surface area contributed by atoms with E-state index in [0.29, 0.717) is 39.2 Å². The SMILES string of the molecule is CCOC(=O)C1CCCN(c2ncnc(N(Cc3ccccc3)Cc3ccccc3)c2[N+](=O)[O-])C1. The van der Waals surface area contributed by atoms with Crippen molar-refractivity contribution < 1.29 is 14.5 Å². The van der Waals surface area contributed by atoms with E-state index in [1.54, 1.807) is 6.92 Å². The van der Waals surface area contributed by atoms with Gasteiger partial charge >= 0.3 is 11.7 Å². The molecule has 1 fully saturated rings. The highest BCUT2D eigenvalue weighted by Crippen LogP contribution is 2.37.